The molecule has 0 unspecified atom stereocenters. The number of hydrogen-bond donors (Lipinski definition) is 0. The summed E-state index contributed by atoms with van der Waals surface area (Å²) in [5.41, 5.74) is 8.37. The molecule has 0 N–H and O–H groups in total. The van der Waals surface area contributed by atoms with Gasteiger partial charge in [-0.1, -0.05) is 146 Å². The van der Waals surface area contributed by atoms with E-state index in [1.54, 1.807) is 18.2 Å². The minimum atomic E-state index is -3.17. The highest BCUT2D eigenvalue weighted by molar-refractivity contribution is 5.86. The fraction of sp³-hybridized carbons (Fsp3) is 0.0222. The third-order valence-corrected chi connectivity index (χ3v) is 9.26. The van der Waals surface area contributed by atoms with E-state index in [9.17, 15) is 0 Å². The van der Waals surface area contributed by atoms with Gasteiger partial charge in [0.15, 0.2) is 17.5 Å². The predicted octanol–water partition coefficient (Wildman–Crippen LogP) is 11.4. The maximum absolute atomic E-state index is 16.1. The Morgan fingerprint density at radius 1 is 0.314 bits per heavy atom. The van der Waals surface area contributed by atoms with Gasteiger partial charge in [-0.15, -0.1) is 0 Å². The number of pyridine rings is 1. The van der Waals surface area contributed by atoms with Gasteiger partial charge in [0.1, 0.15) is 0 Å². The SMILES string of the molecule is FC1(F)c2ccc(-c3cc(-c4ccccc4)cc(-c4ccccc4)n3)cc2-c2cc(-c3nc(-c4ccccc4)nc(-c4ccccc4)n3)ccc21. The summed E-state index contributed by atoms with van der Waals surface area (Å²) in [4.78, 5) is 19.5. The zero-order valence-corrected chi connectivity index (χ0v) is 27.2. The Morgan fingerprint density at radius 3 is 1.22 bits per heavy atom. The quantitative estimate of drug-likeness (QED) is 0.178. The minimum absolute atomic E-state index is 0.0357. The van der Waals surface area contributed by atoms with E-state index in [4.69, 9.17) is 19.9 Å². The van der Waals surface area contributed by atoms with E-state index in [0.717, 1.165) is 39.1 Å². The van der Waals surface area contributed by atoms with E-state index >= 15 is 8.78 Å². The second kappa shape index (κ2) is 12.3. The van der Waals surface area contributed by atoms with Gasteiger partial charge in [-0.3, -0.25) is 0 Å². The molecule has 0 radical (unpaired) electrons. The van der Waals surface area contributed by atoms with Gasteiger partial charge in [-0.25, -0.2) is 19.9 Å². The van der Waals surface area contributed by atoms with Crippen LogP contribution in [0.5, 0.6) is 0 Å². The van der Waals surface area contributed by atoms with Gasteiger partial charge in [0, 0.05) is 38.9 Å². The van der Waals surface area contributed by atoms with Crippen molar-refractivity contribution in [2.75, 3.05) is 0 Å². The molecule has 0 bridgehead atoms. The fourth-order valence-corrected chi connectivity index (χ4v) is 6.70. The van der Waals surface area contributed by atoms with Crippen molar-refractivity contribution in [1.29, 1.82) is 0 Å². The molecule has 6 heteroatoms. The second-order valence-electron chi connectivity index (χ2n) is 12.5. The largest absolute Gasteiger partial charge is 0.299 e. The van der Waals surface area contributed by atoms with Crippen molar-refractivity contribution in [2.45, 2.75) is 5.92 Å². The molecule has 0 fully saturated rings. The predicted molar refractivity (Wildman–Crippen MR) is 199 cm³/mol. The van der Waals surface area contributed by atoms with Crippen molar-refractivity contribution in [2.24, 2.45) is 0 Å². The number of aromatic nitrogens is 4. The van der Waals surface area contributed by atoms with Gasteiger partial charge in [0.2, 0.25) is 0 Å². The van der Waals surface area contributed by atoms with Gasteiger partial charge in [-0.2, -0.15) is 8.78 Å². The van der Waals surface area contributed by atoms with Crippen LogP contribution in [0, 0.1) is 0 Å². The maximum atomic E-state index is 16.1. The summed E-state index contributed by atoms with van der Waals surface area (Å²) in [6, 6.07) is 53.6. The summed E-state index contributed by atoms with van der Waals surface area (Å²) in [6.07, 6.45) is 0. The number of fused-ring (bicyclic) bond motifs is 3. The summed E-state index contributed by atoms with van der Waals surface area (Å²) < 4.78 is 32.2. The standard InChI is InChI=1S/C45H28F2N4/c46-45(47)38-23-21-33(41-28-35(29-13-5-1-6-14-29)27-40(48-41)30-15-7-2-8-16-30)25-36(38)37-26-34(22-24-39(37)45)44-50-42(31-17-9-3-10-18-31)49-43(51-44)32-19-11-4-12-20-32/h1-28H. The monoisotopic (exact) mass is 662 g/mol. The van der Waals surface area contributed by atoms with Crippen molar-refractivity contribution >= 4 is 0 Å². The van der Waals surface area contributed by atoms with Crippen LogP contribution in [0.3, 0.4) is 0 Å². The lowest BCUT2D eigenvalue weighted by Crippen LogP contribution is -2.10. The minimum Gasteiger partial charge on any atom is -0.248 e. The zero-order chi connectivity index (χ0) is 34.4. The molecule has 0 saturated carbocycles. The van der Waals surface area contributed by atoms with Crippen molar-refractivity contribution in [1.82, 2.24) is 19.9 Å². The maximum Gasteiger partial charge on any atom is 0.299 e. The molecule has 1 aliphatic carbocycles. The van der Waals surface area contributed by atoms with Crippen molar-refractivity contribution in [3.63, 3.8) is 0 Å². The summed E-state index contributed by atoms with van der Waals surface area (Å²) in [5, 5.41) is 0. The number of rotatable bonds is 6. The third-order valence-electron chi connectivity index (χ3n) is 9.26. The van der Waals surface area contributed by atoms with Crippen molar-refractivity contribution in [3.05, 3.63) is 181 Å². The lowest BCUT2D eigenvalue weighted by atomic mass is 9.97. The molecule has 4 nitrogen and oxygen atoms in total. The smallest absolute Gasteiger partial charge is 0.248 e. The summed E-state index contributed by atoms with van der Waals surface area (Å²) in [5.74, 6) is -1.75. The van der Waals surface area contributed by atoms with Crippen LogP contribution in [-0.4, -0.2) is 19.9 Å². The fourth-order valence-electron chi connectivity index (χ4n) is 6.70. The number of benzene rings is 6. The molecule has 0 amide bonds. The lowest BCUT2D eigenvalue weighted by Gasteiger charge is -2.13. The highest BCUT2D eigenvalue weighted by Gasteiger charge is 2.44. The van der Waals surface area contributed by atoms with Crippen LogP contribution in [0.25, 0.3) is 78.9 Å². The van der Waals surface area contributed by atoms with Crippen LogP contribution in [0.15, 0.2) is 170 Å². The normalized spacial score (nSPS) is 12.7. The summed E-state index contributed by atoms with van der Waals surface area (Å²) in [6.45, 7) is 0. The van der Waals surface area contributed by atoms with Crippen LogP contribution in [0.4, 0.5) is 8.78 Å². The highest BCUT2D eigenvalue weighted by Crippen LogP contribution is 2.52. The number of hydrogen-bond acceptors (Lipinski definition) is 4. The molecular weight excluding hydrogens is 635 g/mol. The summed E-state index contributed by atoms with van der Waals surface area (Å²) in [7, 11) is 0. The van der Waals surface area contributed by atoms with Gasteiger partial charge in [0.05, 0.1) is 11.4 Å². The van der Waals surface area contributed by atoms with Crippen molar-refractivity contribution in [3.8, 4) is 78.9 Å². The van der Waals surface area contributed by atoms with Crippen LogP contribution in [0.2, 0.25) is 0 Å². The van der Waals surface area contributed by atoms with E-state index in [1.807, 2.05) is 121 Å². The number of halogens is 2. The molecule has 0 spiro atoms. The summed E-state index contributed by atoms with van der Waals surface area (Å²) >= 11 is 0. The molecule has 6 aromatic carbocycles. The number of nitrogens with zero attached hydrogens (tertiary/aromatic N) is 4. The molecule has 0 atom stereocenters. The first-order valence-corrected chi connectivity index (χ1v) is 16.7. The Labute approximate surface area is 293 Å². The first-order chi connectivity index (χ1) is 25.0. The average molecular weight is 663 g/mol. The molecule has 2 aromatic heterocycles. The van der Waals surface area contributed by atoms with E-state index in [0.29, 0.717) is 39.9 Å². The Balaban J connectivity index is 1.19. The van der Waals surface area contributed by atoms with Gasteiger partial charge in [0.25, 0.3) is 5.92 Å². The second-order valence-corrected chi connectivity index (χ2v) is 12.5. The molecule has 0 aliphatic heterocycles. The number of alkyl halides is 2. The van der Waals surface area contributed by atoms with Crippen LogP contribution in [-0.2, 0) is 5.92 Å². The van der Waals surface area contributed by atoms with E-state index in [-0.39, 0.29) is 11.1 Å². The van der Waals surface area contributed by atoms with Gasteiger partial charge in [-0.05, 0) is 46.5 Å². The highest BCUT2D eigenvalue weighted by atomic mass is 19.3. The Hall–Kier alpha value is -6.66. The molecule has 0 saturated heterocycles. The molecule has 1 aliphatic rings. The third kappa shape index (κ3) is 5.57. The van der Waals surface area contributed by atoms with Crippen molar-refractivity contribution < 1.29 is 8.78 Å². The zero-order valence-electron chi connectivity index (χ0n) is 27.2. The van der Waals surface area contributed by atoms with E-state index in [2.05, 4.69) is 18.2 Å². The lowest BCUT2D eigenvalue weighted by molar-refractivity contribution is 0.0480. The molecule has 2 heterocycles. The first kappa shape index (κ1) is 30.4. The molecule has 8 aromatic rings. The molecule has 9 rings (SSSR count). The van der Waals surface area contributed by atoms with Gasteiger partial charge < -0.3 is 0 Å². The average Bonchev–Trinajstić information content (AvgIpc) is 3.43. The molecular formula is C45H28F2N4. The molecule has 51 heavy (non-hydrogen) atoms. The van der Waals surface area contributed by atoms with E-state index in [1.165, 1.54) is 12.1 Å². The topological polar surface area (TPSA) is 51.6 Å². The Morgan fingerprint density at radius 2 is 0.706 bits per heavy atom. The van der Waals surface area contributed by atoms with Crippen LogP contribution >= 0.6 is 0 Å². The Kier molecular flexibility index (Phi) is 7.36. The van der Waals surface area contributed by atoms with Crippen LogP contribution in [0.1, 0.15) is 11.1 Å². The van der Waals surface area contributed by atoms with Crippen LogP contribution < -0.4 is 0 Å². The van der Waals surface area contributed by atoms with Gasteiger partial charge >= 0.3 is 0 Å². The first-order valence-electron chi connectivity index (χ1n) is 16.7. The van der Waals surface area contributed by atoms with E-state index < -0.39 is 5.92 Å². The Bertz CT molecular complexity index is 2250. The molecule has 242 valence electrons.